The number of hydrogen-bond donors (Lipinski definition) is 0. The predicted molar refractivity (Wildman–Crippen MR) is 113 cm³/mol. The minimum absolute atomic E-state index is 0.153. The molecule has 0 unspecified atom stereocenters. The molecule has 0 aromatic carbocycles. The molecular weight excluding hydrogens is 368 g/mol. The van der Waals surface area contributed by atoms with Gasteiger partial charge < -0.3 is 19.4 Å². The van der Waals surface area contributed by atoms with Crippen LogP contribution in [0.25, 0.3) is 0 Å². The summed E-state index contributed by atoms with van der Waals surface area (Å²) < 4.78 is 5.48. The second-order valence-electron chi connectivity index (χ2n) is 8.26. The molecule has 29 heavy (non-hydrogen) atoms. The Bertz CT molecular complexity index is 665. The summed E-state index contributed by atoms with van der Waals surface area (Å²) in [6.45, 7) is 12.1. The molecule has 1 aromatic heterocycles. The number of piperazine rings is 1. The van der Waals surface area contributed by atoms with Crippen molar-refractivity contribution < 1.29 is 9.53 Å². The largest absolute Gasteiger partial charge is 0.378 e. The van der Waals surface area contributed by atoms with E-state index in [4.69, 9.17) is 4.74 Å². The summed E-state index contributed by atoms with van der Waals surface area (Å²) in [6.07, 6.45) is 6.55. The van der Waals surface area contributed by atoms with Crippen LogP contribution in [0.15, 0.2) is 12.5 Å². The lowest BCUT2D eigenvalue weighted by atomic mass is 9.94. The van der Waals surface area contributed by atoms with Gasteiger partial charge in [-0.25, -0.2) is 9.97 Å². The van der Waals surface area contributed by atoms with Crippen molar-refractivity contribution in [2.45, 2.75) is 26.2 Å². The van der Waals surface area contributed by atoms with Crippen LogP contribution in [0.5, 0.6) is 0 Å². The van der Waals surface area contributed by atoms with Gasteiger partial charge in [0, 0.05) is 58.3 Å². The van der Waals surface area contributed by atoms with Gasteiger partial charge in [-0.15, -0.1) is 0 Å². The lowest BCUT2D eigenvalue weighted by Gasteiger charge is -2.39. The van der Waals surface area contributed by atoms with Crippen LogP contribution in [-0.4, -0.2) is 97.8 Å². The summed E-state index contributed by atoms with van der Waals surface area (Å²) in [5, 5.41) is 0. The summed E-state index contributed by atoms with van der Waals surface area (Å²) in [4.78, 5) is 31.1. The van der Waals surface area contributed by atoms with Gasteiger partial charge in [0.2, 0.25) is 5.91 Å². The number of rotatable bonds is 5. The molecule has 8 heteroatoms. The molecule has 1 aromatic rings. The van der Waals surface area contributed by atoms with Crippen LogP contribution >= 0.6 is 0 Å². The Labute approximate surface area is 173 Å². The van der Waals surface area contributed by atoms with E-state index in [0.29, 0.717) is 5.91 Å². The molecule has 4 heterocycles. The molecular formula is C21H34N6O2. The molecule has 0 saturated carbocycles. The molecule has 0 bridgehead atoms. The summed E-state index contributed by atoms with van der Waals surface area (Å²) in [5.41, 5.74) is 1.09. The average molecular weight is 403 g/mol. The first-order valence-electron chi connectivity index (χ1n) is 11.1. The van der Waals surface area contributed by atoms with Crippen molar-refractivity contribution in [2.24, 2.45) is 5.92 Å². The number of anilines is 2. The Morgan fingerprint density at radius 3 is 2.45 bits per heavy atom. The molecule has 3 fully saturated rings. The van der Waals surface area contributed by atoms with E-state index in [-0.39, 0.29) is 5.92 Å². The smallest absolute Gasteiger partial charge is 0.225 e. The molecule has 3 aliphatic heterocycles. The van der Waals surface area contributed by atoms with E-state index in [9.17, 15) is 4.79 Å². The number of aromatic nitrogens is 2. The minimum atomic E-state index is 0.153. The Hall–Kier alpha value is -1.93. The van der Waals surface area contributed by atoms with E-state index in [1.165, 1.54) is 6.42 Å². The number of piperidine rings is 1. The summed E-state index contributed by atoms with van der Waals surface area (Å²) >= 11 is 0. The van der Waals surface area contributed by atoms with Gasteiger partial charge in [0.25, 0.3) is 0 Å². The SMILES string of the molecule is CCCN1CCN(C(=O)C2CCN(c3cncnc3N3CCOCC3)CC2)CC1. The quantitative estimate of drug-likeness (QED) is 0.730. The second-order valence-corrected chi connectivity index (χ2v) is 8.26. The number of nitrogens with zero attached hydrogens (tertiary/aromatic N) is 6. The molecule has 3 aliphatic rings. The molecule has 4 rings (SSSR count). The van der Waals surface area contributed by atoms with Crippen LogP contribution < -0.4 is 9.80 Å². The zero-order valence-corrected chi connectivity index (χ0v) is 17.6. The molecule has 1 amide bonds. The van der Waals surface area contributed by atoms with Gasteiger partial charge in [-0.05, 0) is 25.8 Å². The molecule has 8 nitrogen and oxygen atoms in total. The third-order valence-electron chi connectivity index (χ3n) is 6.39. The molecule has 160 valence electrons. The van der Waals surface area contributed by atoms with Crippen molar-refractivity contribution in [2.75, 3.05) is 81.9 Å². The minimum Gasteiger partial charge on any atom is -0.378 e. The molecule has 0 radical (unpaired) electrons. The van der Waals surface area contributed by atoms with Gasteiger partial charge in [-0.1, -0.05) is 6.92 Å². The number of hydrogen-bond acceptors (Lipinski definition) is 7. The number of amides is 1. The second kappa shape index (κ2) is 9.71. The monoisotopic (exact) mass is 402 g/mol. The fraction of sp³-hybridized carbons (Fsp3) is 0.762. The lowest BCUT2D eigenvalue weighted by molar-refractivity contribution is -0.138. The summed E-state index contributed by atoms with van der Waals surface area (Å²) in [6, 6.07) is 0. The highest BCUT2D eigenvalue weighted by molar-refractivity contribution is 5.79. The van der Waals surface area contributed by atoms with Crippen LogP contribution in [0.3, 0.4) is 0 Å². The molecule has 0 atom stereocenters. The average Bonchev–Trinajstić information content (AvgIpc) is 2.80. The van der Waals surface area contributed by atoms with Crippen LogP contribution in [0.1, 0.15) is 26.2 Å². The Morgan fingerprint density at radius 2 is 1.76 bits per heavy atom. The molecule has 0 N–H and O–H groups in total. The zero-order valence-electron chi connectivity index (χ0n) is 17.6. The highest BCUT2D eigenvalue weighted by atomic mass is 16.5. The Morgan fingerprint density at radius 1 is 1.03 bits per heavy atom. The molecule has 3 saturated heterocycles. The van der Waals surface area contributed by atoms with E-state index < -0.39 is 0 Å². The standard InChI is InChI=1S/C21H34N6O2/c1-2-5-24-8-10-27(11-9-24)21(28)18-3-6-25(7-4-18)19-16-22-17-23-20(19)26-12-14-29-15-13-26/h16-18H,2-15H2,1H3. The van der Waals surface area contributed by atoms with Gasteiger partial charge in [0.1, 0.15) is 6.33 Å². The predicted octanol–water partition coefficient (Wildman–Crippen LogP) is 1.08. The topological polar surface area (TPSA) is 65.0 Å². The third kappa shape index (κ3) is 4.80. The van der Waals surface area contributed by atoms with Crippen molar-refractivity contribution in [1.82, 2.24) is 19.8 Å². The van der Waals surface area contributed by atoms with Gasteiger partial charge in [-0.2, -0.15) is 0 Å². The lowest BCUT2D eigenvalue weighted by Crippen LogP contribution is -2.51. The van der Waals surface area contributed by atoms with Crippen LogP contribution in [-0.2, 0) is 9.53 Å². The van der Waals surface area contributed by atoms with Crippen LogP contribution in [0.4, 0.5) is 11.5 Å². The first kappa shape index (κ1) is 20.3. The number of carbonyl (C=O) groups excluding carboxylic acids is 1. The van der Waals surface area contributed by atoms with Gasteiger partial charge in [0.05, 0.1) is 25.1 Å². The van der Waals surface area contributed by atoms with E-state index in [1.54, 1.807) is 6.33 Å². The maximum Gasteiger partial charge on any atom is 0.225 e. The van der Waals surface area contributed by atoms with Crippen molar-refractivity contribution in [3.05, 3.63) is 12.5 Å². The van der Waals surface area contributed by atoms with E-state index >= 15 is 0 Å². The number of carbonyl (C=O) groups is 1. The van der Waals surface area contributed by atoms with Crippen molar-refractivity contribution in [3.63, 3.8) is 0 Å². The van der Waals surface area contributed by atoms with Gasteiger partial charge in [-0.3, -0.25) is 9.69 Å². The molecule has 0 spiro atoms. The fourth-order valence-electron chi connectivity index (χ4n) is 4.69. The Balaban J connectivity index is 1.32. The van der Waals surface area contributed by atoms with Gasteiger partial charge >= 0.3 is 0 Å². The summed E-state index contributed by atoms with van der Waals surface area (Å²) in [5.74, 6) is 1.51. The van der Waals surface area contributed by atoms with Crippen LogP contribution in [0.2, 0.25) is 0 Å². The van der Waals surface area contributed by atoms with Crippen molar-refractivity contribution in [3.8, 4) is 0 Å². The summed E-state index contributed by atoms with van der Waals surface area (Å²) in [7, 11) is 0. The fourth-order valence-corrected chi connectivity index (χ4v) is 4.69. The van der Waals surface area contributed by atoms with Crippen LogP contribution in [0, 0.1) is 5.92 Å². The normalized spacial score (nSPS) is 22.2. The first-order valence-corrected chi connectivity index (χ1v) is 11.1. The first-order chi connectivity index (χ1) is 14.3. The van der Waals surface area contributed by atoms with Crippen molar-refractivity contribution >= 4 is 17.4 Å². The number of ether oxygens (including phenoxy) is 1. The molecule has 0 aliphatic carbocycles. The van der Waals surface area contributed by atoms with E-state index in [0.717, 1.165) is 96.5 Å². The Kier molecular flexibility index (Phi) is 6.82. The third-order valence-corrected chi connectivity index (χ3v) is 6.39. The number of morpholine rings is 1. The van der Waals surface area contributed by atoms with Crippen molar-refractivity contribution in [1.29, 1.82) is 0 Å². The highest BCUT2D eigenvalue weighted by Crippen LogP contribution is 2.31. The zero-order chi connectivity index (χ0) is 20.1. The maximum atomic E-state index is 13.0. The maximum absolute atomic E-state index is 13.0. The van der Waals surface area contributed by atoms with E-state index in [1.807, 2.05) is 6.20 Å². The van der Waals surface area contributed by atoms with Gasteiger partial charge in [0.15, 0.2) is 5.82 Å². The highest BCUT2D eigenvalue weighted by Gasteiger charge is 2.31. The van der Waals surface area contributed by atoms with E-state index in [2.05, 4.69) is 36.5 Å².